The third kappa shape index (κ3) is 32.5. The largest absolute Gasteiger partial charge is 1.00 e. The summed E-state index contributed by atoms with van der Waals surface area (Å²) >= 11 is 15.4. The van der Waals surface area contributed by atoms with E-state index in [1.54, 1.807) is 160 Å². The molecule has 0 bridgehead atoms. The number of carboxylic acid groups (broad SMARTS) is 4. The molecule has 118 heavy (non-hydrogen) atoms. The van der Waals surface area contributed by atoms with Crippen molar-refractivity contribution in [2.45, 2.75) is 118 Å². The number of carboxylic acids is 4. The van der Waals surface area contributed by atoms with E-state index >= 15 is 0 Å². The Balaban J connectivity index is 0.000000209. The maximum atomic E-state index is 12.9. The van der Waals surface area contributed by atoms with Crippen molar-refractivity contribution < 1.29 is 141 Å². The molecule has 4 heterocycles. The fourth-order valence-corrected chi connectivity index (χ4v) is 20.8. The van der Waals surface area contributed by atoms with Gasteiger partial charge in [0.15, 0.2) is 11.6 Å². The molecule has 4 aliphatic rings. The third-order valence-corrected chi connectivity index (χ3v) is 28.6. The minimum Gasteiger partial charge on any atom is -0.548 e. The summed E-state index contributed by atoms with van der Waals surface area (Å²) in [5, 5.41) is 44.5. The van der Waals surface area contributed by atoms with Gasteiger partial charge in [0, 0.05) is 130 Å². The van der Waals surface area contributed by atoms with Crippen LogP contribution in [-0.2, 0) is 38.4 Å². The number of nitrogens with one attached hydrogen (secondary N) is 1. The van der Waals surface area contributed by atoms with Crippen molar-refractivity contribution in [1.29, 1.82) is 0 Å². The van der Waals surface area contributed by atoms with Gasteiger partial charge in [0.1, 0.15) is 12.1 Å². The van der Waals surface area contributed by atoms with Crippen molar-refractivity contribution in [3.63, 3.8) is 0 Å². The van der Waals surface area contributed by atoms with Crippen molar-refractivity contribution in [2.24, 2.45) is 23.7 Å². The predicted molar refractivity (Wildman–Crippen MR) is 462 cm³/mol. The van der Waals surface area contributed by atoms with Crippen molar-refractivity contribution in [1.82, 2.24) is 20.0 Å². The number of nitrogens with zero attached hydrogens (tertiary/aromatic N) is 3. The van der Waals surface area contributed by atoms with Crippen molar-refractivity contribution in [3.05, 3.63) is 265 Å². The number of carbonyl (C=O) groups is 12. The Morgan fingerprint density at radius 3 is 0.831 bits per heavy atom. The Morgan fingerprint density at radius 1 is 0.356 bits per heavy atom. The first kappa shape index (κ1) is 98.2. The molecule has 30 heteroatoms. The second kappa shape index (κ2) is 51.8. The van der Waals surface area contributed by atoms with Crippen LogP contribution in [0, 0.1) is 35.3 Å². The minimum absolute atomic E-state index is 0. The monoisotopic (exact) mass is 1790 g/mol. The van der Waals surface area contributed by atoms with Crippen molar-refractivity contribution in [3.8, 4) is 0 Å². The van der Waals surface area contributed by atoms with E-state index in [0.717, 1.165) is 68.3 Å². The van der Waals surface area contributed by atoms with Gasteiger partial charge in [0.05, 0.1) is 29.9 Å². The molecule has 0 radical (unpaired) electrons. The molecule has 4 saturated heterocycles. The molecule has 0 spiro atoms. The number of amides is 3. The zero-order chi connectivity index (χ0) is 84.3. The summed E-state index contributed by atoms with van der Waals surface area (Å²) in [7, 11) is 0. The van der Waals surface area contributed by atoms with Gasteiger partial charge in [0.25, 0.3) is 0 Å². The van der Waals surface area contributed by atoms with Gasteiger partial charge >= 0.3 is 68.6 Å². The van der Waals surface area contributed by atoms with Gasteiger partial charge in [-0.25, -0.2) is 9.59 Å². The number of halogens is 1. The van der Waals surface area contributed by atoms with Gasteiger partial charge in [-0.15, -0.1) is 47.0 Å². The van der Waals surface area contributed by atoms with Crippen molar-refractivity contribution >= 4 is 161 Å². The Kier molecular flexibility index (Phi) is 43.1. The van der Waals surface area contributed by atoms with Gasteiger partial charge < -0.3 is 50.0 Å². The summed E-state index contributed by atoms with van der Waals surface area (Å²) in [4.78, 5) is 152. The van der Waals surface area contributed by atoms with Gasteiger partial charge in [-0.1, -0.05) is 262 Å². The van der Waals surface area contributed by atoms with E-state index in [0.29, 0.717) is 95.8 Å². The molecule has 0 aromatic heterocycles. The number of thioether (sulfide) groups is 8. The van der Waals surface area contributed by atoms with Crippen LogP contribution in [0.1, 0.15) is 94.8 Å². The van der Waals surface area contributed by atoms with Crippen LogP contribution in [0.4, 0.5) is 0 Å². The van der Waals surface area contributed by atoms with Gasteiger partial charge in [-0.05, 0) is 81.1 Å². The Labute approximate surface area is 770 Å². The normalized spacial score (nSPS) is 19.3. The van der Waals surface area contributed by atoms with Crippen LogP contribution >= 0.6 is 94.1 Å². The standard InChI is InChI=1S/3C22H23NO4S2.C11H12ClO2S.C11H13NO2S.K/c3*1-15(14-28-22(27)16-8-4-2-5-9-16)20(24)23-13-18(12-19(23)21(25)26)29-17-10-6-3-7-11-17;1-8(10(12)13)7-15-11(14)9-5-3-2-4-6-9;13-11(14)10-6-9(7-12-10)15-8-4-2-1-3-5-8;/h3*2-11,15,18-19H,12-14H2,1H3,(H,25,26);2-6,8,12H,7H2,1H3;1-5,9-10,12H,6-7H2,(H,13,14);/q;;;+1;;+1/p-2/t3*15-,18+,19+;8-;9-,10-;/m11110./s1. The van der Waals surface area contributed by atoms with E-state index in [1.165, 1.54) is 19.6 Å². The predicted octanol–water partition coefficient (Wildman–Crippen LogP) is 10.1. The van der Waals surface area contributed by atoms with Crippen LogP contribution in [0.3, 0.4) is 0 Å². The average Bonchev–Trinajstić information content (AvgIpc) is 1.69. The Bertz CT molecular complexity index is 4230. The molecule has 8 aromatic rings. The first-order valence-electron chi connectivity index (χ1n) is 37.7. The van der Waals surface area contributed by atoms with E-state index < -0.39 is 59.8 Å². The third-order valence-electron chi connectivity index (χ3n) is 18.6. The van der Waals surface area contributed by atoms with Crippen LogP contribution < -0.4 is 66.9 Å². The SMILES string of the molecule is C[C@H](CSC(=O)c1ccccc1)C(=O)N1C[C@@H](Sc2ccccc2)C[C@H]1C(=O)O.C[C@H](CSC(=O)c1ccccc1)C(=O)N1C[C@@H](Sc2ccccc2)C[C@H]1C(=O)[O-].C[C@H](CSC(=O)c1ccccc1)C(=O)N1C[C@@H](Sc2ccccc2)C[C@H]1C(=O)[O-].C[C@H](CSC(=O)c1ccccc1)C(=O)[ClH+].O=C(O)[C@@H]1C[C@H](Sc2ccccc2)CN1.[K+]. The fraction of sp³-hybridized carbons (Fsp3) is 0.318. The number of rotatable bonds is 28. The van der Waals surface area contributed by atoms with Crippen LogP contribution in [0.2, 0.25) is 0 Å². The molecule has 8 aromatic carbocycles. The zero-order valence-corrected chi connectivity index (χ0v) is 76.1. The Morgan fingerprint density at radius 2 is 0.593 bits per heavy atom. The number of hydrogen-bond acceptors (Lipinski definition) is 23. The summed E-state index contributed by atoms with van der Waals surface area (Å²) in [6, 6.07) is 72.0. The molecule has 12 atom stereocenters. The number of aliphatic carboxylic acids is 4. The van der Waals surface area contributed by atoms with Crippen molar-refractivity contribution in [2.75, 3.05) is 49.2 Å². The fourth-order valence-electron chi connectivity index (χ4n) is 12.4. The van der Waals surface area contributed by atoms with Crippen LogP contribution in [0.5, 0.6) is 0 Å². The topological polar surface area (TPSA) is 313 Å². The quantitative estimate of drug-likeness (QED) is 0.0303. The summed E-state index contributed by atoms with van der Waals surface area (Å²) in [6.07, 6.45) is 1.84. The van der Waals surface area contributed by atoms with Gasteiger partial charge in [0.2, 0.25) is 38.2 Å². The molecule has 3 amide bonds. The first-order valence-corrected chi connectivity index (χ1v) is 45.6. The zero-order valence-electron chi connectivity index (χ0n) is 65.6. The van der Waals surface area contributed by atoms with Crippen LogP contribution in [0.25, 0.3) is 0 Å². The molecule has 12 rings (SSSR count). The number of benzene rings is 8. The Hall–Kier alpha value is -6.91. The van der Waals surface area contributed by atoms with Gasteiger partial charge in [-0.3, -0.25) is 38.4 Å². The summed E-state index contributed by atoms with van der Waals surface area (Å²) in [5.41, 5.74) is 2.43. The maximum Gasteiger partial charge on any atom is 1.00 e. The number of carbonyl (C=O) groups excluding carboxylic acids is 10. The molecule has 20 nitrogen and oxygen atoms in total. The molecule has 0 saturated carbocycles. The van der Waals surface area contributed by atoms with Gasteiger partial charge in [-0.2, -0.15) is 0 Å². The second-order valence-corrected chi connectivity index (χ2v) is 37.6. The maximum absolute atomic E-state index is 12.9. The number of likely N-dealkylation sites (tertiary alicyclic amines) is 3. The number of hydrogen-bond donors (Lipinski definition) is 3. The summed E-state index contributed by atoms with van der Waals surface area (Å²) in [5.74, 6) is -5.09. The van der Waals surface area contributed by atoms with Crippen LogP contribution in [-0.4, -0.2) is 187 Å². The van der Waals surface area contributed by atoms with E-state index in [-0.39, 0.29) is 123 Å². The molecular weight excluding hydrogens is 1700 g/mol. The molecule has 4 aliphatic heterocycles. The van der Waals surface area contributed by atoms with Crippen LogP contribution in [0.15, 0.2) is 262 Å². The smallest absolute Gasteiger partial charge is 0.548 e. The summed E-state index contributed by atoms with van der Waals surface area (Å²) in [6.45, 7) is 8.85. The molecule has 3 N–H and O–H groups in total. The first-order chi connectivity index (χ1) is 56.2. The summed E-state index contributed by atoms with van der Waals surface area (Å²) < 4.78 is 0. The molecule has 4 fully saturated rings. The van der Waals surface area contributed by atoms with E-state index in [4.69, 9.17) is 5.11 Å². The molecule has 0 aliphatic carbocycles. The second-order valence-electron chi connectivity index (χ2n) is 27.7. The average molecular weight is 1790 g/mol. The minimum atomic E-state index is -1.23. The van der Waals surface area contributed by atoms with E-state index in [2.05, 4.69) is 29.1 Å². The molecule has 0 unspecified atom stereocenters. The van der Waals surface area contributed by atoms with E-state index in [1.807, 2.05) is 146 Å². The molecular formula is C88H92ClKN4O16S8. The molecule has 616 valence electrons. The van der Waals surface area contributed by atoms with E-state index in [9.17, 15) is 72.9 Å².